The lowest BCUT2D eigenvalue weighted by Gasteiger charge is -2.40. The predicted molar refractivity (Wildman–Crippen MR) is 157 cm³/mol. The van der Waals surface area contributed by atoms with Gasteiger partial charge in [0.05, 0.1) is 27.8 Å². The molecule has 8 nitrogen and oxygen atoms in total. The first-order chi connectivity index (χ1) is 18.3. The molecule has 9 heteroatoms. The molecule has 0 aromatic heterocycles. The average Bonchev–Trinajstić information content (AvgIpc) is 3.37. The Morgan fingerprint density at radius 2 is 1.61 bits per heavy atom. The molecule has 0 saturated carbocycles. The maximum absolute atomic E-state index is 11.3. The highest BCUT2D eigenvalue weighted by atomic mass is 31.2. The maximum Gasteiger partial charge on any atom is 0.269 e. The average molecular weight is 529 g/mol. The number of anilines is 2. The van der Waals surface area contributed by atoms with Crippen molar-refractivity contribution in [2.75, 3.05) is 29.8 Å². The van der Waals surface area contributed by atoms with Crippen LogP contribution < -0.4 is 9.68 Å². The van der Waals surface area contributed by atoms with E-state index >= 15 is 0 Å². The topological polar surface area (TPSA) is 77.6 Å². The van der Waals surface area contributed by atoms with Crippen LogP contribution in [0.3, 0.4) is 0 Å². The normalized spacial score (nSPS) is 21.7. The number of nitro groups is 1. The van der Waals surface area contributed by atoms with E-state index in [0.717, 1.165) is 24.1 Å². The van der Waals surface area contributed by atoms with Crippen molar-refractivity contribution in [1.82, 2.24) is 4.67 Å². The van der Waals surface area contributed by atoms with Gasteiger partial charge >= 0.3 is 0 Å². The molecule has 196 valence electrons. The minimum absolute atomic E-state index is 0.0486. The van der Waals surface area contributed by atoms with Gasteiger partial charge in [0, 0.05) is 49.1 Å². The Balaban J connectivity index is 1.86. The van der Waals surface area contributed by atoms with E-state index in [4.69, 9.17) is 9.85 Å². The van der Waals surface area contributed by atoms with Crippen LogP contribution in [0.25, 0.3) is 0 Å². The van der Waals surface area contributed by atoms with E-state index in [1.807, 2.05) is 24.4 Å². The monoisotopic (exact) mass is 528 g/mol. The molecule has 0 saturated heterocycles. The van der Waals surface area contributed by atoms with E-state index in [9.17, 15) is 10.1 Å². The first kappa shape index (κ1) is 25.9. The van der Waals surface area contributed by atoms with Gasteiger partial charge in [-0.1, -0.05) is 64.1 Å². The van der Waals surface area contributed by atoms with Crippen molar-refractivity contribution < 1.29 is 4.92 Å². The number of nitrogens with zero attached hydrogens (tertiary/aromatic N) is 6. The molecule has 0 unspecified atom stereocenters. The molecule has 1 atom stereocenters. The second-order valence-electron chi connectivity index (χ2n) is 9.89. The number of nitro benzene ring substituents is 1. The second kappa shape index (κ2) is 9.86. The number of benzene rings is 3. The summed E-state index contributed by atoms with van der Waals surface area (Å²) in [6.45, 7) is 10.4. The second-order valence-corrected chi connectivity index (χ2v) is 12.6. The summed E-state index contributed by atoms with van der Waals surface area (Å²) >= 11 is 0. The summed E-state index contributed by atoms with van der Waals surface area (Å²) in [5.41, 5.74) is 5.05. The van der Waals surface area contributed by atoms with Gasteiger partial charge in [-0.25, -0.2) is 14.2 Å². The zero-order valence-electron chi connectivity index (χ0n) is 22.4. The van der Waals surface area contributed by atoms with E-state index in [2.05, 4.69) is 85.5 Å². The lowest BCUT2D eigenvalue weighted by Crippen LogP contribution is -2.31. The third kappa shape index (κ3) is 3.96. The highest BCUT2D eigenvalue weighted by Crippen LogP contribution is 2.70. The third-order valence-electron chi connectivity index (χ3n) is 7.41. The Kier molecular flexibility index (Phi) is 6.72. The quantitative estimate of drug-likeness (QED) is 0.186. The Labute approximate surface area is 224 Å². The summed E-state index contributed by atoms with van der Waals surface area (Å²) in [4.78, 5) is 13.2. The number of rotatable bonds is 6. The van der Waals surface area contributed by atoms with Gasteiger partial charge in [0.1, 0.15) is 0 Å². The zero-order valence-corrected chi connectivity index (χ0v) is 23.3. The van der Waals surface area contributed by atoms with Crippen LogP contribution in [0.4, 0.5) is 22.7 Å². The molecule has 2 heterocycles. The lowest BCUT2D eigenvalue weighted by molar-refractivity contribution is -0.384. The van der Waals surface area contributed by atoms with E-state index in [0.29, 0.717) is 5.69 Å². The van der Waals surface area contributed by atoms with Crippen molar-refractivity contribution in [2.24, 2.45) is 9.85 Å². The number of non-ortho nitro benzene ring substituents is 1. The van der Waals surface area contributed by atoms with Crippen LogP contribution in [0.2, 0.25) is 0 Å². The highest BCUT2D eigenvalue weighted by Gasteiger charge is 2.49. The van der Waals surface area contributed by atoms with E-state index in [1.165, 1.54) is 29.1 Å². The van der Waals surface area contributed by atoms with Gasteiger partial charge in [-0.3, -0.25) is 10.1 Å². The number of hydrogen-bond donors (Lipinski definition) is 0. The van der Waals surface area contributed by atoms with Crippen molar-refractivity contribution >= 4 is 36.3 Å². The van der Waals surface area contributed by atoms with Gasteiger partial charge in [-0.05, 0) is 35.9 Å². The molecule has 5 rings (SSSR count). The van der Waals surface area contributed by atoms with Gasteiger partial charge in [-0.2, -0.15) is 5.10 Å². The Morgan fingerprint density at radius 1 is 0.974 bits per heavy atom. The molecule has 3 aromatic carbocycles. The van der Waals surface area contributed by atoms with Gasteiger partial charge in [-0.15, -0.1) is 0 Å². The molecular weight excluding hydrogens is 495 g/mol. The van der Waals surface area contributed by atoms with Gasteiger partial charge in [0.15, 0.2) is 7.36 Å². The number of fused-ring (bicyclic) bond motifs is 1. The summed E-state index contributed by atoms with van der Waals surface area (Å²) in [6.07, 6.45) is 1.99. The molecule has 2 aliphatic heterocycles. The fourth-order valence-electron chi connectivity index (χ4n) is 5.66. The minimum atomic E-state index is -2.72. The summed E-state index contributed by atoms with van der Waals surface area (Å²) < 4.78 is 10.0. The van der Waals surface area contributed by atoms with Crippen LogP contribution in [0.5, 0.6) is 0 Å². The van der Waals surface area contributed by atoms with E-state index < -0.39 is 7.36 Å². The number of likely N-dealkylation sites (N-methyl/N-ethyl adjacent to an activating group) is 1. The molecule has 0 fully saturated rings. The largest absolute Gasteiger partial charge is 0.346 e. The minimum Gasteiger partial charge on any atom is -0.346 e. The molecule has 3 aromatic rings. The summed E-state index contributed by atoms with van der Waals surface area (Å²) in [7, 11) is -0.595. The van der Waals surface area contributed by atoms with Gasteiger partial charge in [0.2, 0.25) is 0 Å². The fourth-order valence-corrected chi connectivity index (χ4v) is 9.54. The Bertz CT molecular complexity index is 1480. The van der Waals surface area contributed by atoms with Crippen molar-refractivity contribution in [3.05, 3.63) is 106 Å². The number of para-hydroxylation sites is 2. The number of hydrogen-bond acceptors (Lipinski definition) is 5. The summed E-state index contributed by atoms with van der Waals surface area (Å²) in [6, 6.07) is 25.2. The van der Waals surface area contributed by atoms with Crippen molar-refractivity contribution in [3.8, 4) is 0 Å². The SMILES string of the molecule is CCN(CC)[P@@]1(=Nc2ccc([N+](=O)[O-])cc2)/C(=C2/N(C)c3ccccc3C2(C)C)C=NN1c1ccccc1. The predicted octanol–water partition coefficient (Wildman–Crippen LogP) is 7.74. The van der Waals surface area contributed by atoms with Gasteiger partial charge in [0.25, 0.3) is 5.69 Å². The summed E-state index contributed by atoms with van der Waals surface area (Å²) in [5, 5.41) is 17.5. The van der Waals surface area contributed by atoms with Crippen molar-refractivity contribution in [2.45, 2.75) is 33.1 Å². The standard InChI is InChI=1S/C29H33N6O2P/c1-6-33(7-2)38(31-22-17-19-24(20-18-22)35(36)37)27(21-30-34(38)23-13-9-8-10-14-23)28-29(3,4)25-15-11-12-16-26(25)32(28)5/h8-21H,6-7H2,1-5H3/b28-27+/t38-/m0/s1. The third-order valence-corrected chi connectivity index (χ3v) is 11.1. The zero-order chi connectivity index (χ0) is 27.1. The van der Waals surface area contributed by atoms with Crippen LogP contribution in [-0.2, 0) is 5.41 Å². The maximum atomic E-state index is 11.3. The Morgan fingerprint density at radius 3 is 2.21 bits per heavy atom. The van der Waals surface area contributed by atoms with Crippen molar-refractivity contribution in [1.29, 1.82) is 0 Å². The molecule has 0 spiro atoms. The summed E-state index contributed by atoms with van der Waals surface area (Å²) in [5.74, 6) is 0. The highest BCUT2D eigenvalue weighted by molar-refractivity contribution is 7.71. The van der Waals surface area contributed by atoms with Crippen LogP contribution in [0.15, 0.2) is 99.7 Å². The van der Waals surface area contributed by atoms with E-state index in [1.54, 1.807) is 12.1 Å². The Hall–Kier alpha value is -3.74. The first-order valence-electron chi connectivity index (χ1n) is 12.9. The molecule has 0 N–H and O–H groups in total. The molecular formula is C29H33N6O2P. The number of allylic oxidation sites excluding steroid dienone is 2. The molecule has 38 heavy (non-hydrogen) atoms. The smallest absolute Gasteiger partial charge is 0.269 e. The van der Waals surface area contributed by atoms with Crippen LogP contribution in [-0.4, -0.2) is 35.9 Å². The van der Waals surface area contributed by atoms with E-state index in [-0.39, 0.29) is 16.0 Å². The molecule has 0 aliphatic carbocycles. The molecule has 0 bridgehead atoms. The van der Waals surface area contributed by atoms with Crippen LogP contribution >= 0.6 is 7.36 Å². The molecule has 0 radical (unpaired) electrons. The number of hydrazone groups is 1. The van der Waals surface area contributed by atoms with Gasteiger partial charge < -0.3 is 4.90 Å². The van der Waals surface area contributed by atoms with Crippen LogP contribution in [0, 0.1) is 10.1 Å². The van der Waals surface area contributed by atoms with Crippen molar-refractivity contribution in [3.63, 3.8) is 0 Å². The van der Waals surface area contributed by atoms with Crippen LogP contribution in [0.1, 0.15) is 33.3 Å². The molecule has 0 amide bonds. The first-order valence-corrected chi connectivity index (χ1v) is 14.5. The molecule has 2 aliphatic rings. The lowest BCUT2D eigenvalue weighted by atomic mass is 9.84. The fraction of sp³-hybridized carbons (Fsp3) is 0.276.